The number of nitrogens with one attached hydrogen (secondary N) is 2. The van der Waals surface area contributed by atoms with Crippen LogP contribution < -0.4 is 5.32 Å². The van der Waals surface area contributed by atoms with Gasteiger partial charge in [-0.3, -0.25) is 14.5 Å². The Labute approximate surface area is 173 Å². The van der Waals surface area contributed by atoms with Crippen molar-refractivity contribution in [3.8, 4) is 0 Å². The van der Waals surface area contributed by atoms with Crippen molar-refractivity contribution in [2.45, 2.75) is 32.2 Å². The lowest BCUT2D eigenvalue weighted by molar-refractivity contribution is -0.131. The second-order valence-electron chi connectivity index (χ2n) is 7.41. The van der Waals surface area contributed by atoms with Gasteiger partial charge in [0.15, 0.2) is 5.78 Å². The van der Waals surface area contributed by atoms with Crippen molar-refractivity contribution in [3.63, 3.8) is 0 Å². The molecule has 1 fully saturated rings. The van der Waals surface area contributed by atoms with Gasteiger partial charge in [0, 0.05) is 22.7 Å². The van der Waals surface area contributed by atoms with Crippen molar-refractivity contribution in [3.05, 3.63) is 71.2 Å². The Bertz CT molecular complexity index is 1150. The number of Topliss-reactive ketones (excluding diaryl/α,β-unsaturated/α-hetero) is 1. The Morgan fingerprint density at radius 2 is 1.83 bits per heavy atom. The normalized spacial score (nSPS) is 18.8. The van der Waals surface area contributed by atoms with E-state index in [0.29, 0.717) is 11.1 Å². The van der Waals surface area contributed by atoms with E-state index < -0.39 is 23.3 Å². The third kappa shape index (κ3) is 2.98. The first-order valence-corrected chi connectivity index (χ1v) is 9.93. The van der Waals surface area contributed by atoms with Crippen LogP contribution in [0.1, 0.15) is 41.8 Å². The van der Waals surface area contributed by atoms with Crippen LogP contribution in [0.2, 0.25) is 0 Å². The molecule has 0 bridgehead atoms. The van der Waals surface area contributed by atoms with E-state index in [1.54, 1.807) is 13.1 Å². The quantitative estimate of drug-likeness (QED) is 0.480. The largest absolute Gasteiger partial charge is 0.360 e. The molecule has 2 heterocycles. The van der Waals surface area contributed by atoms with Gasteiger partial charge in [0.2, 0.25) is 0 Å². The number of hydrogen-bond acceptors (Lipinski definition) is 3. The maximum absolute atomic E-state index is 13.3. The topological polar surface area (TPSA) is 82.3 Å². The fourth-order valence-corrected chi connectivity index (χ4v) is 4.11. The molecule has 6 nitrogen and oxygen atoms in total. The monoisotopic (exact) mass is 407 g/mol. The van der Waals surface area contributed by atoms with Crippen molar-refractivity contribution in [2.75, 3.05) is 6.54 Å². The number of H-pyrrole nitrogens is 1. The molecule has 30 heavy (non-hydrogen) atoms. The van der Waals surface area contributed by atoms with Gasteiger partial charge in [0.25, 0.3) is 5.91 Å². The van der Waals surface area contributed by atoms with Gasteiger partial charge >= 0.3 is 6.03 Å². The molecule has 1 atom stereocenters. The highest BCUT2D eigenvalue weighted by molar-refractivity contribution is 6.14. The first-order valence-electron chi connectivity index (χ1n) is 9.93. The van der Waals surface area contributed by atoms with E-state index in [1.807, 2.05) is 25.1 Å². The number of rotatable bonds is 6. The van der Waals surface area contributed by atoms with Crippen LogP contribution >= 0.6 is 0 Å². The summed E-state index contributed by atoms with van der Waals surface area (Å²) >= 11 is 0. The second kappa shape index (κ2) is 7.40. The predicted molar refractivity (Wildman–Crippen MR) is 111 cm³/mol. The summed E-state index contributed by atoms with van der Waals surface area (Å²) in [6, 6.07) is 10.5. The highest BCUT2D eigenvalue weighted by atomic mass is 19.1. The molecular formula is C23H22FN3O3. The summed E-state index contributed by atoms with van der Waals surface area (Å²) in [5.41, 5.74) is 1.59. The first kappa shape index (κ1) is 19.8. The van der Waals surface area contributed by atoms with Crippen LogP contribution in [-0.2, 0) is 16.8 Å². The standard InChI is InChI=1S/C23H22FN3O3/c1-3-14-6-5-7-17-18(12-25-20(14)17)19(28)13-27-21(29)23(4-2,26-22(27)30)15-8-10-16(24)11-9-15/h5-12,25H,3-4,13H2,1-2H3,(H,26,30). The van der Waals surface area contributed by atoms with E-state index in [4.69, 9.17) is 0 Å². The van der Waals surface area contributed by atoms with Crippen molar-refractivity contribution >= 4 is 28.6 Å². The van der Waals surface area contributed by atoms with Crippen LogP contribution in [-0.4, -0.2) is 34.2 Å². The number of aryl methyl sites for hydroxylation is 1. The Morgan fingerprint density at radius 1 is 1.10 bits per heavy atom. The maximum Gasteiger partial charge on any atom is 0.325 e. The summed E-state index contributed by atoms with van der Waals surface area (Å²) in [5, 5.41) is 3.48. The molecule has 0 saturated carbocycles. The fourth-order valence-electron chi connectivity index (χ4n) is 4.11. The fraction of sp³-hybridized carbons (Fsp3) is 0.261. The number of ketones is 1. The third-order valence-electron chi connectivity index (χ3n) is 5.83. The smallest absolute Gasteiger partial charge is 0.325 e. The van der Waals surface area contributed by atoms with Gasteiger partial charge in [-0.2, -0.15) is 0 Å². The summed E-state index contributed by atoms with van der Waals surface area (Å²) in [6.45, 7) is 3.43. The van der Waals surface area contributed by atoms with Crippen LogP contribution in [0.15, 0.2) is 48.7 Å². The zero-order valence-electron chi connectivity index (χ0n) is 16.8. The Balaban J connectivity index is 1.64. The molecule has 0 aliphatic carbocycles. The van der Waals surface area contributed by atoms with E-state index in [0.717, 1.165) is 27.8 Å². The molecule has 0 radical (unpaired) electrons. The van der Waals surface area contributed by atoms with Gasteiger partial charge < -0.3 is 10.3 Å². The number of urea groups is 1. The molecule has 3 amide bonds. The van der Waals surface area contributed by atoms with Crippen LogP contribution in [0.4, 0.5) is 9.18 Å². The molecule has 154 valence electrons. The predicted octanol–water partition coefficient (Wildman–Crippen LogP) is 3.91. The van der Waals surface area contributed by atoms with Crippen molar-refractivity contribution in [1.29, 1.82) is 0 Å². The zero-order chi connectivity index (χ0) is 21.5. The van der Waals surface area contributed by atoms with Crippen LogP contribution in [0, 0.1) is 5.82 Å². The minimum Gasteiger partial charge on any atom is -0.360 e. The van der Waals surface area contributed by atoms with Crippen LogP contribution in [0.25, 0.3) is 10.9 Å². The Morgan fingerprint density at radius 3 is 2.50 bits per heavy atom. The number of fused-ring (bicyclic) bond motifs is 1. The van der Waals surface area contributed by atoms with Gasteiger partial charge in [-0.1, -0.05) is 44.2 Å². The number of aromatic nitrogens is 1. The first-order chi connectivity index (χ1) is 14.4. The van der Waals surface area contributed by atoms with Gasteiger partial charge in [0.05, 0.1) is 6.54 Å². The molecule has 4 rings (SSSR count). The SMILES string of the molecule is CCc1cccc2c(C(=O)CN3C(=O)NC(CC)(c4ccc(F)cc4)C3=O)c[nH]c12. The summed E-state index contributed by atoms with van der Waals surface area (Å²) in [5.74, 6) is -1.27. The van der Waals surface area contributed by atoms with Crippen molar-refractivity contribution < 1.29 is 18.8 Å². The van der Waals surface area contributed by atoms with E-state index >= 15 is 0 Å². The lowest BCUT2D eigenvalue weighted by atomic mass is 9.87. The number of para-hydroxylation sites is 1. The third-order valence-corrected chi connectivity index (χ3v) is 5.83. The minimum atomic E-state index is -1.30. The molecule has 1 saturated heterocycles. The number of hydrogen-bond donors (Lipinski definition) is 2. The van der Waals surface area contributed by atoms with Gasteiger partial charge in [-0.25, -0.2) is 9.18 Å². The highest BCUT2D eigenvalue weighted by Crippen LogP contribution is 2.33. The van der Waals surface area contributed by atoms with Crippen LogP contribution in [0.3, 0.4) is 0 Å². The summed E-state index contributed by atoms with van der Waals surface area (Å²) in [6.07, 6.45) is 2.72. The van der Waals surface area contributed by atoms with E-state index in [9.17, 15) is 18.8 Å². The second-order valence-corrected chi connectivity index (χ2v) is 7.41. The number of carbonyl (C=O) groups excluding carboxylic acids is 3. The molecule has 1 aromatic heterocycles. The average Bonchev–Trinajstić information content (AvgIpc) is 3.29. The molecule has 1 aliphatic heterocycles. The molecule has 2 aromatic carbocycles. The number of nitrogens with zero attached hydrogens (tertiary/aromatic N) is 1. The number of halogens is 1. The Hall–Kier alpha value is -3.48. The number of carbonyl (C=O) groups is 3. The Kier molecular flexibility index (Phi) is 4.89. The van der Waals surface area contributed by atoms with Crippen molar-refractivity contribution in [1.82, 2.24) is 15.2 Å². The maximum atomic E-state index is 13.3. The molecule has 2 N–H and O–H groups in total. The molecule has 3 aromatic rings. The molecule has 0 spiro atoms. The summed E-state index contributed by atoms with van der Waals surface area (Å²) < 4.78 is 13.3. The van der Waals surface area contributed by atoms with Gasteiger partial charge in [-0.15, -0.1) is 0 Å². The highest BCUT2D eigenvalue weighted by Gasteiger charge is 2.51. The van der Waals surface area contributed by atoms with Gasteiger partial charge in [0.1, 0.15) is 11.4 Å². The van der Waals surface area contributed by atoms with Crippen LogP contribution in [0.5, 0.6) is 0 Å². The summed E-state index contributed by atoms with van der Waals surface area (Å²) in [7, 11) is 0. The lowest BCUT2D eigenvalue weighted by Gasteiger charge is -2.25. The number of amides is 3. The number of aromatic amines is 1. The van der Waals surface area contributed by atoms with E-state index in [2.05, 4.69) is 10.3 Å². The molecular weight excluding hydrogens is 385 g/mol. The number of benzene rings is 2. The van der Waals surface area contributed by atoms with Crippen molar-refractivity contribution in [2.24, 2.45) is 0 Å². The molecule has 1 aliphatic rings. The zero-order valence-corrected chi connectivity index (χ0v) is 16.8. The van der Waals surface area contributed by atoms with E-state index in [-0.39, 0.29) is 18.7 Å². The molecule has 7 heteroatoms. The lowest BCUT2D eigenvalue weighted by Crippen LogP contribution is -2.43. The number of imide groups is 1. The van der Waals surface area contributed by atoms with Gasteiger partial charge in [-0.05, 0) is 36.1 Å². The van der Waals surface area contributed by atoms with E-state index in [1.165, 1.54) is 24.3 Å². The summed E-state index contributed by atoms with van der Waals surface area (Å²) in [4.78, 5) is 42.9. The molecule has 1 unspecified atom stereocenters. The minimum absolute atomic E-state index is 0.279. The average molecular weight is 407 g/mol.